The molecule has 112 valence electrons. The van der Waals surface area contributed by atoms with Gasteiger partial charge >= 0.3 is 5.69 Å². The summed E-state index contributed by atoms with van der Waals surface area (Å²) >= 11 is 0. The minimum atomic E-state index is -0.558. The van der Waals surface area contributed by atoms with Crippen molar-refractivity contribution in [3.05, 3.63) is 21.7 Å². The largest absolute Gasteiger partial charge is 0.492 e. The van der Waals surface area contributed by atoms with Crippen molar-refractivity contribution >= 4 is 5.69 Å². The fourth-order valence-corrected chi connectivity index (χ4v) is 1.65. The Morgan fingerprint density at radius 1 is 1.10 bits per heavy atom. The van der Waals surface area contributed by atoms with Crippen molar-refractivity contribution in [1.82, 2.24) is 0 Å². The molecule has 0 aliphatic carbocycles. The third-order valence-corrected chi connectivity index (χ3v) is 2.46. The number of nitro groups is 1. The Bertz CT molecular complexity index is 475. The summed E-state index contributed by atoms with van der Waals surface area (Å²) in [6.07, 6.45) is 0. The average Bonchev–Trinajstić information content (AvgIpc) is 2.43. The first kappa shape index (κ1) is 16.0. The zero-order valence-electron chi connectivity index (χ0n) is 11.8. The predicted molar refractivity (Wildman–Crippen MR) is 69.4 cm³/mol. The number of benzene rings is 1. The molecule has 0 fully saturated rings. The maximum absolute atomic E-state index is 11.1. The van der Waals surface area contributed by atoms with E-state index in [4.69, 9.17) is 23.7 Å². The summed E-state index contributed by atoms with van der Waals surface area (Å²) in [6.45, 7) is 1.48. The minimum Gasteiger partial charge on any atom is -0.492 e. The third kappa shape index (κ3) is 3.49. The van der Waals surface area contributed by atoms with E-state index in [1.54, 1.807) is 6.92 Å². The number of ether oxygens (including phenoxy) is 5. The molecule has 0 aromatic heterocycles. The summed E-state index contributed by atoms with van der Waals surface area (Å²) in [5, 5.41) is 11.1. The van der Waals surface area contributed by atoms with Gasteiger partial charge in [0.05, 0.1) is 18.1 Å². The lowest BCUT2D eigenvalue weighted by Gasteiger charge is -2.16. The van der Waals surface area contributed by atoms with Gasteiger partial charge < -0.3 is 23.7 Å². The molecule has 1 aromatic rings. The molecule has 8 nitrogen and oxygen atoms in total. The van der Waals surface area contributed by atoms with Crippen LogP contribution >= 0.6 is 0 Å². The first-order chi connectivity index (χ1) is 9.56. The SMILES string of the molecule is COCOc1cc([N+](=O)[O-])c(OCOC)c(C)c1OC. The maximum Gasteiger partial charge on any atom is 0.315 e. The molecule has 20 heavy (non-hydrogen) atoms. The van der Waals surface area contributed by atoms with Crippen molar-refractivity contribution in [3.63, 3.8) is 0 Å². The second kappa shape index (κ2) is 7.51. The molecule has 0 spiro atoms. The zero-order valence-corrected chi connectivity index (χ0v) is 11.8. The number of hydrogen-bond acceptors (Lipinski definition) is 7. The van der Waals surface area contributed by atoms with Gasteiger partial charge in [0, 0.05) is 19.8 Å². The molecule has 1 rings (SSSR count). The van der Waals surface area contributed by atoms with Gasteiger partial charge in [-0.15, -0.1) is 0 Å². The number of rotatable bonds is 8. The van der Waals surface area contributed by atoms with Crippen LogP contribution in [0.4, 0.5) is 5.69 Å². The monoisotopic (exact) mass is 287 g/mol. The Morgan fingerprint density at radius 2 is 1.70 bits per heavy atom. The summed E-state index contributed by atoms with van der Waals surface area (Å²) in [7, 11) is 4.31. The molecule has 1 aromatic carbocycles. The van der Waals surface area contributed by atoms with E-state index in [1.807, 2.05) is 0 Å². The highest BCUT2D eigenvalue weighted by Crippen LogP contribution is 2.43. The number of nitro benzene ring substituents is 1. The van der Waals surface area contributed by atoms with Gasteiger partial charge in [0.15, 0.2) is 25.1 Å². The molecule has 8 heteroatoms. The number of hydrogen-bond donors (Lipinski definition) is 0. The molecule has 0 saturated heterocycles. The normalized spacial score (nSPS) is 10.2. The summed E-state index contributed by atoms with van der Waals surface area (Å²) < 4.78 is 25.3. The van der Waals surface area contributed by atoms with E-state index in [9.17, 15) is 10.1 Å². The third-order valence-electron chi connectivity index (χ3n) is 2.46. The lowest BCUT2D eigenvalue weighted by atomic mass is 10.1. The molecule has 0 atom stereocenters. The topological polar surface area (TPSA) is 89.3 Å². The molecular formula is C12H17NO7. The van der Waals surface area contributed by atoms with Crippen LogP contribution in [0.2, 0.25) is 0 Å². The maximum atomic E-state index is 11.1. The van der Waals surface area contributed by atoms with E-state index in [2.05, 4.69) is 0 Å². The van der Waals surface area contributed by atoms with Gasteiger partial charge in [-0.2, -0.15) is 0 Å². The fraction of sp³-hybridized carbons (Fsp3) is 0.500. The highest BCUT2D eigenvalue weighted by atomic mass is 16.7. The Kier molecular flexibility index (Phi) is 6.01. The molecule has 0 aliphatic rings. The lowest BCUT2D eigenvalue weighted by Crippen LogP contribution is -2.07. The van der Waals surface area contributed by atoms with Crippen LogP contribution in [0.5, 0.6) is 17.2 Å². The van der Waals surface area contributed by atoms with Gasteiger partial charge in [-0.25, -0.2) is 0 Å². The van der Waals surface area contributed by atoms with Crippen molar-refractivity contribution in [1.29, 1.82) is 0 Å². The number of methoxy groups -OCH3 is 3. The highest BCUT2D eigenvalue weighted by molar-refractivity contribution is 5.63. The van der Waals surface area contributed by atoms with E-state index in [-0.39, 0.29) is 30.8 Å². The highest BCUT2D eigenvalue weighted by Gasteiger charge is 2.25. The number of nitrogens with zero attached hydrogens (tertiary/aromatic N) is 1. The van der Waals surface area contributed by atoms with Gasteiger partial charge in [-0.05, 0) is 6.92 Å². The van der Waals surface area contributed by atoms with Gasteiger partial charge in [0.2, 0.25) is 5.75 Å². The van der Waals surface area contributed by atoms with Crippen molar-refractivity contribution in [3.8, 4) is 17.2 Å². The summed E-state index contributed by atoms with van der Waals surface area (Å²) in [4.78, 5) is 10.6. The van der Waals surface area contributed by atoms with Crippen LogP contribution in [0, 0.1) is 17.0 Å². The van der Waals surface area contributed by atoms with Gasteiger partial charge in [0.25, 0.3) is 0 Å². The summed E-state index contributed by atoms with van der Waals surface area (Å²) in [5.41, 5.74) is 0.219. The molecule has 0 saturated carbocycles. The van der Waals surface area contributed by atoms with E-state index in [0.29, 0.717) is 11.3 Å². The fourth-order valence-electron chi connectivity index (χ4n) is 1.65. The van der Waals surface area contributed by atoms with Crippen molar-refractivity contribution in [2.45, 2.75) is 6.92 Å². The van der Waals surface area contributed by atoms with Crippen molar-refractivity contribution < 1.29 is 28.6 Å². The van der Waals surface area contributed by atoms with Crippen LogP contribution in [0.25, 0.3) is 0 Å². The quantitative estimate of drug-likeness (QED) is 0.409. The van der Waals surface area contributed by atoms with Crippen molar-refractivity contribution in [2.24, 2.45) is 0 Å². The first-order valence-corrected chi connectivity index (χ1v) is 5.66. The molecule has 0 heterocycles. The van der Waals surface area contributed by atoms with E-state index in [0.717, 1.165) is 0 Å². The van der Waals surface area contributed by atoms with E-state index < -0.39 is 4.92 Å². The molecular weight excluding hydrogens is 270 g/mol. The Morgan fingerprint density at radius 3 is 2.20 bits per heavy atom. The van der Waals surface area contributed by atoms with Crippen LogP contribution in [0.1, 0.15) is 5.56 Å². The smallest absolute Gasteiger partial charge is 0.315 e. The molecule has 0 unspecified atom stereocenters. The Balaban J connectivity index is 3.32. The van der Waals surface area contributed by atoms with Gasteiger partial charge in [0.1, 0.15) is 0 Å². The summed E-state index contributed by atoms with van der Waals surface area (Å²) in [5.74, 6) is 0.639. The predicted octanol–water partition coefficient (Wildman–Crippen LogP) is 1.88. The van der Waals surface area contributed by atoms with Crippen LogP contribution < -0.4 is 14.2 Å². The summed E-state index contributed by atoms with van der Waals surface area (Å²) in [6, 6.07) is 1.23. The average molecular weight is 287 g/mol. The molecule has 0 aliphatic heterocycles. The second-order valence-corrected chi connectivity index (χ2v) is 3.74. The van der Waals surface area contributed by atoms with Crippen LogP contribution in [0.15, 0.2) is 6.07 Å². The minimum absolute atomic E-state index is 0.0504. The lowest BCUT2D eigenvalue weighted by molar-refractivity contribution is -0.386. The van der Waals surface area contributed by atoms with E-state index in [1.165, 1.54) is 27.4 Å². The van der Waals surface area contributed by atoms with Gasteiger partial charge in [-0.1, -0.05) is 0 Å². The molecule has 0 N–H and O–H groups in total. The second-order valence-electron chi connectivity index (χ2n) is 3.74. The van der Waals surface area contributed by atoms with Crippen LogP contribution in [-0.2, 0) is 9.47 Å². The molecule has 0 bridgehead atoms. The van der Waals surface area contributed by atoms with Crippen molar-refractivity contribution in [2.75, 3.05) is 34.9 Å². The van der Waals surface area contributed by atoms with E-state index >= 15 is 0 Å². The Hall–Kier alpha value is -2.06. The van der Waals surface area contributed by atoms with Gasteiger partial charge in [-0.3, -0.25) is 10.1 Å². The standard InChI is InChI=1S/C12H17NO7/c1-8-11(20-7-17-3)9(13(14)15)5-10(12(8)18-4)19-6-16-2/h5H,6-7H2,1-4H3. The first-order valence-electron chi connectivity index (χ1n) is 5.66. The molecule has 0 radical (unpaired) electrons. The van der Waals surface area contributed by atoms with Crippen LogP contribution in [-0.4, -0.2) is 39.8 Å². The van der Waals surface area contributed by atoms with Crippen LogP contribution in [0.3, 0.4) is 0 Å². The zero-order chi connectivity index (χ0) is 15.1. The Labute approximate surface area is 116 Å². The molecule has 0 amide bonds.